The second-order valence-corrected chi connectivity index (χ2v) is 6.90. The summed E-state index contributed by atoms with van der Waals surface area (Å²) in [5, 5.41) is 4.37. The molecule has 28 heavy (non-hydrogen) atoms. The van der Waals surface area contributed by atoms with Crippen LogP contribution < -0.4 is 24.3 Å². The first-order valence-corrected chi connectivity index (χ1v) is 9.22. The molecule has 0 N–H and O–H groups in total. The van der Waals surface area contributed by atoms with Crippen molar-refractivity contribution in [1.29, 1.82) is 0 Å². The van der Waals surface area contributed by atoms with Gasteiger partial charge in [-0.25, -0.2) is 0 Å². The Balaban J connectivity index is 1.74. The van der Waals surface area contributed by atoms with E-state index in [4.69, 9.17) is 14.2 Å². The van der Waals surface area contributed by atoms with Crippen LogP contribution in [0, 0.1) is 0 Å². The van der Waals surface area contributed by atoms with Gasteiger partial charge >= 0.3 is 0 Å². The maximum atomic E-state index is 12.7. The predicted molar refractivity (Wildman–Crippen MR) is 107 cm³/mol. The number of methoxy groups -OCH3 is 3. The van der Waals surface area contributed by atoms with Gasteiger partial charge in [-0.3, -0.25) is 4.79 Å². The van der Waals surface area contributed by atoms with Gasteiger partial charge in [0, 0.05) is 5.56 Å². The third kappa shape index (κ3) is 3.18. The molecule has 2 aromatic heterocycles. The molecule has 0 radical (unpaired) electrons. The Morgan fingerprint density at radius 1 is 0.964 bits per heavy atom. The maximum Gasteiger partial charge on any atom is 0.291 e. The first-order valence-electron chi connectivity index (χ1n) is 8.40. The highest BCUT2D eigenvalue weighted by Gasteiger charge is 2.14. The zero-order valence-corrected chi connectivity index (χ0v) is 16.3. The summed E-state index contributed by atoms with van der Waals surface area (Å²) in [6.45, 7) is 0. The van der Waals surface area contributed by atoms with Gasteiger partial charge in [-0.1, -0.05) is 23.5 Å². The van der Waals surface area contributed by atoms with Crippen molar-refractivity contribution in [2.75, 3.05) is 21.3 Å². The SMILES string of the molecule is COc1ccc(/C=c2\sc3nc(-c4ccc(OC)c(OC)c4)nn3c2=O)cc1. The van der Waals surface area contributed by atoms with Crippen molar-refractivity contribution in [2.45, 2.75) is 0 Å². The van der Waals surface area contributed by atoms with Gasteiger partial charge < -0.3 is 14.2 Å². The fourth-order valence-corrected chi connectivity index (χ4v) is 3.69. The molecule has 0 aliphatic carbocycles. The lowest BCUT2D eigenvalue weighted by molar-refractivity contribution is 0.355. The van der Waals surface area contributed by atoms with E-state index in [2.05, 4.69) is 10.1 Å². The highest BCUT2D eigenvalue weighted by molar-refractivity contribution is 7.15. The van der Waals surface area contributed by atoms with Crippen molar-refractivity contribution in [3.05, 3.63) is 62.9 Å². The molecule has 0 amide bonds. The van der Waals surface area contributed by atoms with E-state index >= 15 is 0 Å². The quantitative estimate of drug-likeness (QED) is 0.517. The molecule has 0 spiro atoms. The Bertz CT molecular complexity index is 1250. The Morgan fingerprint density at radius 2 is 1.71 bits per heavy atom. The average Bonchev–Trinajstić information content (AvgIpc) is 3.27. The molecule has 0 saturated heterocycles. The highest BCUT2D eigenvalue weighted by atomic mass is 32.1. The predicted octanol–water partition coefficient (Wildman–Crippen LogP) is 2.39. The smallest absolute Gasteiger partial charge is 0.291 e. The van der Waals surface area contributed by atoms with E-state index in [0.29, 0.717) is 26.8 Å². The maximum absolute atomic E-state index is 12.7. The van der Waals surface area contributed by atoms with Crippen LogP contribution in [-0.4, -0.2) is 35.9 Å². The normalized spacial score (nSPS) is 11.8. The number of fused-ring (bicyclic) bond motifs is 1. The van der Waals surface area contributed by atoms with Gasteiger partial charge in [0.05, 0.1) is 25.9 Å². The summed E-state index contributed by atoms with van der Waals surface area (Å²) in [5.74, 6) is 2.42. The molecule has 4 aromatic rings. The Labute approximate surface area is 164 Å². The monoisotopic (exact) mass is 395 g/mol. The average molecular weight is 395 g/mol. The Hall–Kier alpha value is -3.39. The number of ether oxygens (including phenoxy) is 3. The van der Waals surface area contributed by atoms with Crippen molar-refractivity contribution in [3.63, 3.8) is 0 Å². The summed E-state index contributed by atoms with van der Waals surface area (Å²) in [7, 11) is 4.76. The molecule has 7 nitrogen and oxygen atoms in total. The van der Waals surface area contributed by atoms with Crippen molar-refractivity contribution in [1.82, 2.24) is 14.6 Å². The van der Waals surface area contributed by atoms with Gasteiger partial charge in [-0.05, 0) is 42.0 Å². The van der Waals surface area contributed by atoms with Gasteiger partial charge in [-0.2, -0.15) is 9.50 Å². The second-order valence-electron chi connectivity index (χ2n) is 5.89. The number of aromatic nitrogens is 3. The van der Waals surface area contributed by atoms with E-state index in [9.17, 15) is 4.79 Å². The lowest BCUT2D eigenvalue weighted by atomic mass is 10.2. The van der Waals surface area contributed by atoms with Crippen molar-refractivity contribution in [2.24, 2.45) is 0 Å². The topological polar surface area (TPSA) is 74.9 Å². The first-order chi connectivity index (χ1) is 13.6. The molecule has 0 aliphatic heterocycles. The Morgan fingerprint density at radius 3 is 2.36 bits per heavy atom. The summed E-state index contributed by atoms with van der Waals surface area (Å²) in [6, 6.07) is 12.9. The largest absolute Gasteiger partial charge is 0.497 e. The van der Waals surface area contributed by atoms with E-state index in [1.54, 1.807) is 33.5 Å². The van der Waals surface area contributed by atoms with E-state index in [1.165, 1.54) is 15.9 Å². The van der Waals surface area contributed by atoms with Crippen LogP contribution in [0.5, 0.6) is 17.2 Å². The van der Waals surface area contributed by atoms with Crippen LogP contribution >= 0.6 is 11.3 Å². The first kappa shape index (κ1) is 18.0. The van der Waals surface area contributed by atoms with Crippen LogP contribution in [0.4, 0.5) is 0 Å². The molecule has 2 aromatic carbocycles. The van der Waals surface area contributed by atoms with Crippen LogP contribution in [-0.2, 0) is 0 Å². The van der Waals surface area contributed by atoms with Crippen molar-refractivity contribution < 1.29 is 14.2 Å². The molecule has 142 valence electrons. The summed E-state index contributed by atoms with van der Waals surface area (Å²) >= 11 is 1.30. The molecule has 0 aliphatic rings. The summed E-state index contributed by atoms with van der Waals surface area (Å²) in [6.07, 6.45) is 1.82. The van der Waals surface area contributed by atoms with E-state index in [1.807, 2.05) is 36.4 Å². The molecule has 0 bridgehead atoms. The van der Waals surface area contributed by atoms with E-state index in [0.717, 1.165) is 16.9 Å². The van der Waals surface area contributed by atoms with Crippen molar-refractivity contribution >= 4 is 22.4 Å². The number of rotatable bonds is 5. The van der Waals surface area contributed by atoms with Crippen LogP contribution in [0.3, 0.4) is 0 Å². The minimum atomic E-state index is -0.199. The van der Waals surface area contributed by atoms with E-state index < -0.39 is 0 Å². The second kappa shape index (κ2) is 7.32. The number of hydrogen-bond acceptors (Lipinski definition) is 7. The third-order valence-electron chi connectivity index (χ3n) is 4.24. The molecular formula is C20H17N3O4S. The minimum absolute atomic E-state index is 0.199. The van der Waals surface area contributed by atoms with Crippen LogP contribution in [0.2, 0.25) is 0 Å². The van der Waals surface area contributed by atoms with Gasteiger partial charge in [0.15, 0.2) is 17.3 Å². The lowest BCUT2D eigenvalue weighted by Crippen LogP contribution is -2.23. The fourth-order valence-electron chi connectivity index (χ4n) is 2.78. The minimum Gasteiger partial charge on any atom is -0.497 e. The fraction of sp³-hybridized carbons (Fsp3) is 0.150. The molecule has 0 saturated carbocycles. The number of hydrogen-bond donors (Lipinski definition) is 0. The zero-order valence-electron chi connectivity index (χ0n) is 15.5. The molecule has 0 fully saturated rings. The van der Waals surface area contributed by atoms with E-state index in [-0.39, 0.29) is 5.56 Å². The Kier molecular flexibility index (Phi) is 4.70. The van der Waals surface area contributed by atoms with Crippen molar-refractivity contribution in [3.8, 4) is 28.6 Å². The standard InChI is InChI=1S/C20H17N3O4S/c1-25-14-7-4-12(5-8-14)10-17-19(24)23-20(28-17)21-18(22-23)13-6-9-15(26-2)16(11-13)27-3/h4-11H,1-3H3/b17-10-. The molecule has 0 atom stereocenters. The summed E-state index contributed by atoms with van der Waals surface area (Å²) in [5.41, 5.74) is 1.45. The van der Waals surface area contributed by atoms with Crippen LogP contribution in [0.25, 0.3) is 22.4 Å². The summed E-state index contributed by atoms with van der Waals surface area (Å²) in [4.78, 5) is 17.7. The van der Waals surface area contributed by atoms with Crippen LogP contribution in [0.15, 0.2) is 47.3 Å². The number of benzene rings is 2. The zero-order chi connectivity index (χ0) is 19.7. The summed E-state index contributed by atoms with van der Waals surface area (Å²) < 4.78 is 17.6. The van der Waals surface area contributed by atoms with Gasteiger partial charge in [0.2, 0.25) is 4.96 Å². The third-order valence-corrected chi connectivity index (χ3v) is 5.20. The molecule has 8 heteroatoms. The lowest BCUT2D eigenvalue weighted by Gasteiger charge is -2.07. The number of nitrogens with zero attached hydrogens (tertiary/aromatic N) is 3. The molecular weight excluding hydrogens is 378 g/mol. The molecule has 4 rings (SSSR count). The molecule has 2 heterocycles. The molecule has 0 unspecified atom stereocenters. The van der Waals surface area contributed by atoms with Crippen LogP contribution in [0.1, 0.15) is 5.56 Å². The van der Waals surface area contributed by atoms with Gasteiger partial charge in [0.1, 0.15) is 5.75 Å². The highest BCUT2D eigenvalue weighted by Crippen LogP contribution is 2.31. The van der Waals surface area contributed by atoms with Gasteiger partial charge in [0.25, 0.3) is 5.56 Å². The van der Waals surface area contributed by atoms with Gasteiger partial charge in [-0.15, -0.1) is 5.10 Å². The number of thiazole rings is 1.